The van der Waals surface area contributed by atoms with Gasteiger partial charge in [-0.2, -0.15) is 0 Å². The molecule has 0 spiro atoms. The summed E-state index contributed by atoms with van der Waals surface area (Å²) in [5, 5.41) is 12.6. The molecule has 0 bridgehead atoms. The molecule has 5 nitrogen and oxygen atoms in total. The van der Waals surface area contributed by atoms with E-state index in [-0.39, 0.29) is 17.9 Å². The number of rotatable bonds is 5. The second-order valence-corrected chi connectivity index (χ2v) is 5.83. The van der Waals surface area contributed by atoms with Gasteiger partial charge in [-0.25, -0.2) is 4.98 Å². The van der Waals surface area contributed by atoms with Crippen LogP contribution in [-0.2, 0) is 9.59 Å². The van der Waals surface area contributed by atoms with Crippen LogP contribution in [0.5, 0.6) is 0 Å². The summed E-state index contributed by atoms with van der Waals surface area (Å²) in [5.41, 5.74) is 0. The van der Waals surface area contributed by atoms with E-state index in [1.165, 1.54) is 0 Å². The SMILES string of the molecule is CCC(NC(=O)C1CC1C(=O)O)c1ncc(C)s1. The summed E-state index contributed by atoms with van der Waals surface area (Å²) in [6, 6.07) is -0.105. The zero-order valence-corrected chi connectivity index (χ0v) is 11.2. The summed E-state index contributed by atoms with van der Waals surface area (Å²) in [6.07, 6.45) is 2.99. The van der Waals surface area contributed by atoms with Gasteiger partial charge in [0, 0.05) is 11.1 Å². The molecule has 1 aliphatic rings. The van der Waals surface area contributed by atoms with Crippen molar-refractivity contribution in [2.24, 2.45) is 11.8 Å². The number of carboxylic acid groups (broad SMARTS) is 1. The second kappa shape index (κ2) is 5.06. The van der Waals surface area contributed by atoms with Gasteiger partial charge in [0.1, 0.15) is 5.01 Å². The minimum absolute atomic E-state index is 0.105. The van der Waals surface area contributed by atoms with Crippen molar-refractivity contribution in [2.45, 2.75) is 32.7 Å². The van der Waals surface area contributed by atoms with Gasteiger partial charge in [0.05, 0.1) is 17.9 Å². The number of aryl methyl sites for hydroxylation is 1. The van der Waals surface area contributed by atoms with Crippen molar-refractivity contribution in [3.05, 3.63) is 16.1 Å². The molecule has 0 aliphatic heterocycles. The maximum atomic E-state index is 11.9. The number of thiazole rings is 1. The summed E-state index contributed by atoms with van der Waals surface area (Å²) < 4.78 is 0. The van der Waals surface area contributed by atoms with Crippen LogP contribution in [0.4, 0.5) is 0 Å². The summed E-state index contributed by atoms with van der Waals surface area (Å²) in [5.74, 6) is -1.91. The highest BCUT2D eigenvalue weighted by molar-refractivity contribution is 7.11. The molecule has 1 saturated carbocycles. The lowest BCUT2D eigenvalue weighted by atomic mass is 10.2. The van der Waals surface area contributed by atoms with E-state index in [0.717, 1.165) is 16.3 Å². The molecular weight excluding hydrogens is 252 g/mol. The third-order valence-electron chi connectivity index (χ3n) is 3.11. The standard InChI is InChI=1S/C12H16N2O3S/c1-3-9(11-13-5-6(2)18-11)14-10(15)7-4-8(7)12(16)17/h5,7-9H,3-4H2,1-2H3,(H,14,15)(H,16,17). The Morgan fingerprint density at radius 3 is 2.78 bits per heavy atom. The quantitative estimate of drug-likeness (QED) is 0.852. The molecule has 1 aliphatic carbocycles. The van der Waals surface area contributed by atoms with E-state index in [2.05, 4.69) is 10.3 Å². The Kier molecular flexibility index (Phi) is 3.65. The lowest BCUT2D eigenvalue weighted by Crippen LogP contribution is -2.30. The molecule has 6 heteroatoms. The molecular formula is C12H16N2O3S. The summed E-state index contributed by atoms with van der Waals surface area (Å²) >= 11 is 1.56. The fraction of sp³-hybridized carbons (Fsp3) is 0.583. The molecule has 3 unspecified atom stereocenters. The molecule has 3 atom stereocenters. The summed E-state index contributed by atoms with van der Waals surface area (Å²) in [7, 11) is 0. The molecule has 98 valence electrons. The minimum Gasteiger partial charge on any atom is -0.481 e. The van der Waals surface area contributed by atoms with Crippen molar-refractivity contribution >= 4 is 23.2 Å². The van der Waals surface area contributed by atoms with E-state index in [1.54, 1.807) is 17.5 Å². The number of hydrogen-bond acceptors (Lipinski definition) is 4. The molecule has 18 heavy (non-hydrogen) atoms. The molecule has 0 aromatic carbocycles. The maximum Gasteiger partial charge on any atom is 0.307 e. The van der Waals surface area contributed by atoms with Crippen molar-refractivity contribution in [2.75, 3.05) is 0 Å². The molecule has 0 radical (unpaired) electrons. The second-order valence-electron chi connectivity index (χ2n) is 4.57. The van der Waals surface area contributed by atoms with Crippen LogP contribution >= 0.6 is 11.3 Å². The van der Waals surface area contributed by atoms with Gasteiger partial charge < -0.3 is 10.4 Å². The first kappa shape index (κ1) is 13.0. The normalized spacial score (nSPS) is 23.4. The van der Waals surface area contributed by atoms with Gasteiger partial charge in [-0.3, -0.25) is 9.59 Å². The number of carbonyl (C=O) groups excluding carboxylic acids is 1. The van der Waals surface area contributed by atoms with Crippen LogP contribution in [-0.4, -0.2) is 22.0 Å². The van der Waals surface area contributed by atoms with Gasteiger partial charge in [-0.15, -0.1) is 11.3 Å². The summed E-state index contributed by atoms with van der Waals surface area (Å²) in [4.78, 5) is 28.0. The number of aliphatic carboxylic acids is 1. The number of amides is 1. The van der Waals surface area contributed by atoms with E-state index in [4.69, 9.17) is 5.11 Å². The fourth-order valence-electron chi connectivity index (χ4n) is 1.91. The van der Waals surface area contributed by atoms with E-state index < -0.39 is 11.9 Å². The molecule has 1 aromatic rings. The topological polar surface area (TPSA) is 79.3 Å². The van der Waals surface area contributed by atoms with Gasteiger partial charge in [-0.1, -0.05) is 6.92 Å². The van der Waals surface area contributed by atoms with Crippen LogP contribution in [0.2, 0.25) is 0 Å². The number of carboxylic acids is 1. The lowest BCUT2D eigenvalue weighted by Gasteiger charge is -2.14. The molecule has 1 heterocycles. The molecule has 1 fully saturated rings. The first-order chi connectivity index (χ1) is 8.52. The van der Waals surface area contributed by atoms with Crippen LogP contribution in [0.15, 0.2) is 6.20 Å². The smallest absolute Gasteiger partial charge is 0.307 e. The predicted molar refractivity (Wildman–Crippen MR) is 67.3 cm³/mol. The third-order valence-corrected chi connectivity index (χ3v) is 4.13. The Labute approximate surface area is 109 Å². The Morgan fingerprint density at radius 1 is 1.61 bits per heavy atom. The molecule has 1 amide bonds. The first-order valence-corrected chi connectivity index (χ1v) is 6.80. The lowest BCUT2D eigenvalue weighted by molar-refractivity contribution is -0.140. The highest BCUT2D eigenvalue weighted by Gasteiger charge is 2.48. The number of aromatic nitrogens is 1. The maximum absolute atomic E-state index is 11.9. The third kappa shape index (κ3) is 2.69. The average Bonchev–Trinajstić information content (AvgIpc) is 3.03. The Balaban J connectivity index is 1.95. The van der Waals surface area contributed by atoms with Gasteiger partial charge in [-0.05, 0) is 19.8 Å². The zero-order valence-electron chi connectivity index (χ0n) is 10.3. The van der Waals surface area contributed by atoms with Crippen molar-refractivity contribution in [1.82, 2.24) is 10.3 Å². The number of nitrogens with zero attached hydrogens (tertiary/aromatic N) is 1. The van der Waals surface area contributed by atoms with Crippen LogP contribution in [0.25, 0.3) is 0 Å². The summed E-state index contributed by atoms with van der Waals surface area (Å²) in [6.45, 7) is 3.94. The van der Waals surface area contributed by atoms with Crippen molar-refractivity contribution in [3.63, 3.8) is 0 Å². The van der Waals surface area contributed by atoms with Crippen LogP contribution < -0.4 is 5.32 Å². The van der Waals surface area contributed by atoms with E-state index >= 15 is 0 Å². The van der Waals surface area contributed by atoms with Gasteiger partial charge in [0.15, 0.2) is 0 Å². The molecule has 0 saturated heterocycles. The van der Waals surface area contributed by atoms with Crippen LogP contribution in [0.1, 0.15) is 35.7 Å². The number of nitrogens with one attached hydrogen (secondary N) is 1. The van der Waals surface area contributed by atoms with Crippen molar-refractivity contribution in [3.8, 4) is 0 Å². The van der Waals surface area contributed by atoms with Gasteiger partial charge in [0.2, 0.25) is 5.91 Å². The molecule has 2 rings (SSSR count). The van der Waals surface area contributed by atoms with Crippen LogP contribution in [0.3, 0.4) is 0 Å². The Hall–Kier alpha value is -1.43. The Morgan fingerprint density at radius 2 is 2.33 bits per heavy atom. The number of hydrogen-bond donors (Lipinski definition) is 2. The van der Waals surface area contributed by atoms with Crippen molar-refractivity contribution in [1.29, 1.82) is 0 Å². The molecule has 1 aromatic heterocycles. The predicted octanol–water partition coefficient (Wildman–Crippen LogP) is 1.74. The van der Waals surface area contributed by atoms with E-state index in [1.807, 2.05) is 13.8 Å². The highest BCUT2D eigenvalue weighted by atomic mass is 32.1. The minimum atomic E-state index is -0.881. The Bertz CT molecular complexity index is 472. The monoisotopic (exact) mass is 268 g/mol. The van der Waals surface area contributed by atoms with E-state index in [9.17, 15) is 9.59 Å². The largest absolute Gasteiger partial charge is 0.481 e. The molecule has 2 N–H and O–H groups in total. The van der Waals surface area contributed by atoms with Gasteiger partial charge >= 0.3 is 5.97 Å². The first-order valence-electron chi connectivity index (χ1n) is 5.98. The highest BCUT2D eigenvalue weighted by Crippen LogP contribution is 2.39. The van der Waals surface area contributed by atoms with Gasteiger partial charge in [0.25, 0.3) is 0 Å². The van der Waals surface area contributed by atoms with Crippen molar-refractivity contribution < 1.29 is 14.7 Å². The van der Waals surface area contributed by atoms with Crippen LogP contribution in [0, 0.1) is 18.8 Å². The number of carbonyl (C=O) groups is 2. The zero-order chi connectivity index (χ0) is 13.3. The fourth-order valence-corrected chi connectivity index (χ4v) is 2.82. The average molecular weight is 268 g/mol. The van der Waals surface area contributed by atoms with E-state index in [0.29, 0.717) is 6.42 Å².